The minimum atomic E-state index is -1.06. The number of halogens is 1. The van der Waals surface area contributed by atoms with Gasteiger partial charge in [0.15, 0.2) is 6.54 Å². The van der Waals surface area contributed by atoms with Crippen molar-refractivity contribution in [3.63, 3.8) is 0 Å². The molecule has 3 aromatic carbocycles. The number of likely N-dealkylation sites (tertiary alicyclic amines) is 1. The van der Waals surface area contributed by atoms with E-state index in [1.54, 1.807) is 12.1 Å². The van der Waals surface area contributed by atoms with Crippen molar-refractivity contribution in [1.82, 2.24) is 0 Å². The van der Waals surface area contributed by atoms with Gasteiger partial charge in [-0.25, -0.2) is 4.39 Å². The molecule has 160 valence electrons. The van der Waals surface area contributed by atoms with Crippen LogP contribution >= 0.6 is 0 Å². The lowest BCUT2D eigenvalue weighted by Crippen LogP contribution is -3.14. The summed E-state index contributed by atoms with van der Waals surface area (Å²) in [6.45, 7) is 1.92. The van der Waals surface area contributed by atoms with Gasteiger partial charge in [0.25, 0.3) is 5.91 Å². The molecule has 4 nitrogen and oxygen atoms in total. The number of benzene rings is 3. The van der Waals surface area contributed by atoms with Crippen LogP contribution in [0, 0.1) is 11.7 Å². The number of rotatable bonds is 6. The number of carbonyl (C=O) groups is 1. The SMILES string of the molecule is O=C(C[NH+]1CCC(C(O)(c2ccccc2)c2ccccc2)CC1)Nc1cccc(F)c1. The van der Waals surface area contributed by atoms with Crippen LogP contribution in [-0.2, 0) is 10.4 Å². The lowest BCUT2D eigenvalue weighted by molar-refractivity contribution is -0.898. The van der Waals surface area contributed by atoms with E-state index in [0.29, 0.717) is 12.2 Å². The zero-order valence-electron chi connectivity index (χ0n) is 17.4. The molecule has 1 saturated heterocycles. The van der Waals surface area contributed by atoms with Gasteiger partial charge in [0.05, 0.1) is 13.1 Å². The number of hydrogen-bond acceptors (Lipinski definition) is 2. The molecule has 1 amide bonds. The van der Waals surface area contributed by atoms with E-state index in [4.69, 9.17) is 0 Å². The Hall–Kier alpha value is -3.02. The molecule has 1 heterocycles. The monoisotopic (exact) mass is 419 g/mol. The second kappa shape index (κ2) is 9.41. The van der Waals surface area contributed by atoms with Crippen LogP contribution in [0.5, 0.6) is 0 Å². The average Bonchev–Trinajstić information content (AvgIpc) is 2.80. The van der Waals surface area contributed by atoms with E-state index < -0.39 is 5.60 Å². The van der Waals surface area contributed by atoms with Crippen molar-refractivity contribution in [2.24, 2.45) is 5.92 Å². The Balaban J connectivity index is 1.43. The lowest BCUT2D eigenvalue weighted by atomic mass is 9.72. The number of carbonyl (C=O) groups excluding carboxylic acids is 1. The molecule has 0 unspecified atom stereocenters. The zero-order valence-corrected chi connectivity index (χ0v) is 17.4. The highest BCUT2D eigenvalue weighted by Crippen LogP contribution is 2.40. The molecule has 0 spiro atoms. The van der Waals surface area contributed by atoms with Crippen molar-refractivity contribution in [3.8, 4) is 0 Å². The number of aliphatic hydroxyl groups is 1. The summed E-state index contributed by atoms with van der Waals surface area (Å²) in [7, 11) is 0. The van der Waals surface area contributed by atoms with Gasteiger partial charge in [0, 0.05) is 24.4 Å². The van der Waals surface area contributed by atoms with Crippen LogP contribution in [-0.4, -0.2) is 30.6 Å². The van der Waals surface area contributed by atoms with Gasteiger partial charge in [-0.15, -0.1) is 0 Å². The maximum absolute atomic E-state index is 13.3. The van der Waals surface area contributed by atoms with Gasteiger partial charge >= 0.3 is 0 Å². The molecule has 4 rings (SSSR count). The summed E-state index contributed by atoms with van der Waals surface area (Å²) < 4.78 is 13.3. The van der Waals surface area contributed by atoms with Crippen LogP contribution in [0.25, 0.3) is 0 Å². The smallest absolute Gasteiger partial charge is 0.279 e. The lowest BCUT2D eigenvalue weighted by Gasteiger charge is -2.40. The molecular weight excluding hydrogens is 391 g/mol. The molecule has 31 heavy (non-hydrogen) atoms. The van der Waals surface area contributed by atoms with Crippen molar-refractivity contribution >= 4 is 11.6 Å². The molecule has 1 fully saturated rings. The fourth-order valence-electron chi connectivity index (χ4n) is 4.64. The predicted octanol–water partition coefficient (Wildman–Crippen LogP) is 3.00. The molecule has 0 atom stereocenters. The first kappa shape index (κ1) is 21.2. The summed E-state index contributed by atoms with van der Waals surface area (Å²) in [5.74, 6) is -0.431. The van der Waals surface area contributed by atoms with Gasteiger partial charge in [-0.3, -0.25) is 4.79 Å². The minimum absolute atomic E-state index is 0.0623. The number of quaternary nitrogens is 1. The summed E-state index contributed by atoms with van der Waals surface area (Å²) in [4.78, 5) is 13.6. The van der Waals surface area contributed by atoms with Crippen LogP contribution in [0.2, 0.25) is 0 Å². The third-order valence-electron chi connectivity index (χ3n) is 6.23. The van der Waals surface area contributed by atoms with E-state index in [1.807, 2.05) is 60.7 Å². The molecular formula is C26H28FN2O2+. The molecule has 0 saturated carbocycles. The molecule has 0 bridgehead atoms. The Morgan fingerprint density at radius 2 is 1.52 bits per heavy atom. The molecule has 0 radical (unpaired) electrons. The van der Waals surface area contributed by atoms with Crippen molar-refractivity contribution in [1.29, 1.82) is 0 Å². The highest BCUT2D eigenvalue weighted by Gasteiger charge is 2.42. The van der Waals surface area contributed by atoms with Gasteiger partial charge < -0.3 is 15.3 Å². The van der Waals surface area contributed by atoms with Crippen LogP contribution < -0.4 is 10.2 Å². The quantitative estimate of drug-likeness (QED) is 0.575. The van der Waals surface area contributed by atoms with E-state index in [0.717, 1.165) is 37.1 Å². The molecule has 0 aromatic heterocycles. The van der Waals surface area contributed by atoms with Crippen molar-refractivity contribution < 1.29 is 19.2 Å². The van der Waals surface area contributed by atoms with E-state index >= 15 is 0 Å². The number of nitrogens with one attached hydrogen (secondary N) is 2. The summed E-state index contributed by atoms with van der Waals surface area (Å²) in [6, 6.07) is 25.6. The summed E-state index contributed by atoms with van der Waals surface area (Å²) in [5, 5.41) is 14.7. The standard InChI is InChI=1S/C26H27FN2O2/c27-23-12-7-13-24(18-23)28-25(30)19-29-16-14-22(15-17-29)26(31,20-8-3-1-4-9-20)21-10-5-2-6-11-21/h1-13,18,22,31H,14-17,19H2,(H,28,30)/p+1. The first-order valence-corrected chi connectivity index (χ1v) is 10.8. The number of amides is 1. The number of piperidine rings is 1. The minimum Gasteiger partial charge on any atom is -0.380 e. The van der Waals surface area contributed by atoms with Gasteiger partial charge in [-0.1, -0.05) is 66.7 Å². The second-order valence-electron chi connectivity index (χ2n) is 8.26. The van der Waals surface area contributed by atoms with E-state index in [1.165, 1.54) is 17.0 Å². The molecule has 1 aliphatic heterocycles. The second-order valence-corrected chi connectivity index (χ2v) is 8.26. The van der Waals surface area contributed by atoms with Crippen LogP contribution in [0.4, 0.5) is 10.1 Å². The first-order valence-electron chi connectivity index (χ1n) is 10.8. The van der Waals surface area contributed by atoms with E-state index in [-0.39, 0.29) is 17.6 Å². The topological polar surface area (TPSA) is 53.8 Å². The maximum Gasteiger partial charge on any atom is 0.279 e. The van der Waals surface area contributed by atoms with Gasteiger partial charge in [0.1, 0.15) is 11.4 Å². The van der Waals surface area contributed by atoms with E-state index in [9.17, 15) is 14.3 Å². The van der Waals surface area contributed by atoms with Crippen LogP contribution in [0.15, 0.2) is 84.9 Å². The fourth-order valence-corrected chi connectivity index (χ4v) is 4.64. The number of anilines is 1. The normalized spacial score (nSPS) is 19.0. The summed E-state index contributed by atoms with van der Waals surface area (Å²) in [6.07, 6.45) is 1.62. The number of hydrogen-bond donors (Lipinski definition) is 3. The molecule has 0 aliphatic carbocycles. The highest BCUT2D eigenvalue weighted by molar-refractivity contribution is 5.91. The Morgan fingerprint density at radius 1 is 0.935 bits per heavy atom. The largest absolute Gasteiger partial charge is 0.380 e. The first-order chi connectivity index (χ1) is 15.1. The maximum atomic E-state index is 13.3. The highest BCUT2D eigenvalue weighted by atomic mass is 19.1. The Bertz CT molecular complexity index is 963. The van der Waals surface area contributed by atoms with Crippen molar-refractivity contribution in [3.05, 3.63) is 102 Å². The van der Waals surface area contributed by atoms with Crippen molar-refractivity contribution in [2.75, 3.05) is 25.0 Å². The summed E-state index contributed by atoms with van der Waals surface area (Å²) >= 11 is 0. The van der Waals surface area contributed by atoms with Crippen LogP contribution in [0.3, 0.4) is 0 Å². The Morgan fingerprint density at radius 3 is 2.06 bits per heavy atom. The Kier molecular flexibility index (Phi) is 6.44. The molecule has 5 heteroatoms. The predicted molar refractivity (Wildman–Crippen MR) is 119 cm³/mol. The molecule has 3 aromatic rings. The molecule has 1 aliphatic rings. The van der Waals surface area contributed by atoms with Crippen molar-refractivity contribution in [2.45, 2.75) is 18.4 Å². The van der Waals surface area contributed by atoms with Gasteiger partial charge in [-0.2, -0.15) is 0 Å². The molecule has 3 N–H and O–H groups in total. The van der Waals surface area contributed by atoms with E-state index in [2.05, 4.69) is 5.32 Å². The fraction of sp³-hybridized carbons (Fsp3) is 0.269. The summed E-state index contributed by atoms with van der Waals surface area (Å²) in [5.41, 5.74) is 1.22. The third-order valence-corrected chi connectivity index (χ3v) is 6.23. The van der Waals surface area contributed by atoms with Crippen LogP contribution in [0.1, 0.15) is 24.0 Å². The third kappa shape index (κ3) is 4.84. The Labute approximate surface area is 182 Å². The van der Waals surface area contributed by atoms with Gasteiger partial charge in [0.2, 0.25) is 0 Å². The zero-order chi connectivity index (χ0) is 21.7. The average molecular weight is 420 g/mol. The van der Waals surface area contributed by atoms with Gasteiger partial charge in [-0.05, 0) is 29.3 Å².